The molecule has 0 spiro atoms. The van der Waals surface area contributed by atoms with E-state index in [4.69, 9.17) is 4.11 Å². The molecule has 0 aliphatic rings. The van der Waals surface area contributed by atoms with Gasteiger partial charge in [0.2, 0.25) is 0 Å². The van der Waals surface area contributed by atoms with Crippen LogP contribution in [-0.4, -0.2) is 44.0 Å². The first-order chi connectivity index (χ1) is 19.1. The van der Waals surface area contributed by atoms with Gasteiger partial charge in [-0.25, -0.2) is 23.8 Å². The van der Waals surface area contributed by atoms with Crippen molar-refractivity contribution in [3.05, 3.63) is 75.1 Å². The van der Waals surface area contributed by atoms with Crippen LogP contribution in [0.3, 0.4) is 0 Å². The number of hydrogen-bond donors (Lipinski definition) is 2. The van der Waals surface area contributed by atoms with Gasteiger partial charge in [0.05, 0.1) is 52.9 Å². The molecule has 0 amide bonds. The largest absolute Gasteiger partial charge is 0.494 e. The second kappa shape index (κ2) is 10.6. The maximum atomic E-state index is 14.9. The van der Waals surface area contributed by atoms with Crippen molar-refractivity contribution in [2.24, 2.45) is 0 Å². The predicted octanol–water partition coefficient (Wildman–Crippen LogP) is 3.94. The second-order valence-electron chi connectivity index (χ2n) is 8.40. The third-order valence-electron chi connectivity index (χ3n) is 5.60. The monoisotopic (exact) mass is 539 g/mol. The van der Waals surface area contributed by atoms with E-state index in [0.29, 0.717) is 5.39 Å². The van der Waals surface area contributed by atoms with E-state index in [-0.39, 0.29) is 28.9 Å². The van der Waals surface area contributed by atoms with Gasteiger partial charge in [-0.2, -0.15) is 18.3 Å². The number of benzene rings is 1. The molecule has 3 heterocycles. The Morgan fingerprint density at radius 2 is 1.95 bits per heavy atom. The van der Waals surface area contributed by atoms with Crippen LogP contribution in [0.25, 0.3) is 22.2 Å². The molecule has 0 radical (unpaired) electrons. The predicted molar refractivity (Wildman–Crippen MR) is 128 cm³/mol. The number of methoxy groups -OCH3 is 1. The molecule has 0 aliphatic heterocycles. The Balaban J connectivity index is 1.50. The second-order valence-corrected chi connectivity index (χ2v) is 8.40. The number of alkyl halides is 4. The number of nitrogens with zero attached hydrogens (tertiary/aromatic N) is 4. The quantitative estimate of drug-likeness (QED) is 0.326. The Bertz CT molecular complexity index is 1680. The van der Waals surface area contributed by atoms with Crippen LogP contribution < -0.4 is 21.2 Å². The number of halogens is 5. The van der Waals surface area contributed by atoms with E-state index in [2.05, 4.69) is 25.1 Å². The first kappa shape index (κ1) is 22.8. The summed E-state index contributed by atoms with van der Waals surface area (Å²) in [5.74, 6) is -1.11. The van der Waals surface area contributed by atoms with Crippen LogP contribution in [0.4, 0.5) is 27.6 Å². The summed E-state index contributed by atoms with van der Waals surface area (Å²) in [4.78, 5) is 32.4. The minimum atomic E-state index is -4.97. The van der Waals surface area contributed by atoms with Crippen molar-refractivity contribution in [1.29, 1.82) is 0 Å². The Kier molecular flexibility index (Phi) is 6.34. The van der Waals surface area contributed by atoms with Gasteiger partial charge in [-0.05, 0) is 30.5 Å². The van der Waals surface area contributed by atoms with Crippen molar-refractivity contribution >= 4 is 16.5 Å². The molecule has 9 nitrogen and oxygen atoms in total. The Labute approximate surface area is 215 Å². The van der Waals surface area contributed by atoms with E-state index in [9.17, 15) is 31.5 Å². The number of ether oxygens (including phenoxy) is 1. The van der Waals surface area contributed by atoms with Gasteiger partial charge in [-0.3, -0.25) is 9.59 Å². The highest BCUT2D eigenvalue weighted by Crippen LogP contribution is 2.32. The lowest BCUT2D eigenvalue weighted by Crippen LogP contribution is -2.30. The van der Waals surface area contributed by atoms with Crippen LogP contribution in [0.15, 0.2) is 52.6 Å². The standard InChI is InChI=1S/C24H21F5N6O3/c1-12(33-19-10-32-34-22(36)20(19)24(27,28)29)5-14(25)11-35-4-3-13-6-17(18(26)7-16(13)23(35)37)21-30-8-15(38-2)9-31-21/h3-4,6-10,12,14H,5,11H2,1-2H3,(H2,33,34,36)/t12-,14-/m0/s1/i2D3. The van der Waals surface area contributed by atoms with Crippen LogP contribution >= 0.6 is 0 Å². The Morgan fingerprint density at radius 1 is 1.21 bits per heavy atom. The number of rotatable bonds is 8. The molecule has 1 aromatic carbocycles. The minimum Gasteiger partial charge on any atom is -0.494 e. The summed E-state index contributed by atoms with van der Waals surface area (Å²) in [5, 5.41) is 7.71. The van der Waals surface area contributed by atoms with Crippen molar-refractivity contribution in [3.8, 4) is 17.1 Å². The van der Waals surface area contributed by atoms with Crippen molar-refractivity contribution in [3.63, 3.8) is 0 Å². The average Bonchev–Trinajstić information content (AvgIpc) is 2.84. The van der Waals surface area contributed by atoms with E-state index >= 15 is 0 Å². The van der Waals surface area contributed by atoms with E-state index in [1.165, 1.54) is 25.3 Å². The lowest BCUT2D eigenvalue weighted by molar-refractivity contribution is -0.138. The summed E-state index contributed by atoms with van der Waals surface area (Å²) >= 11 is 0. The van der Waals surface area contributed by atoms with E-state index in [1.54, 1.807) is 5.10 Å². The van der Waals surface area contributed by atoms with Crippen LogP contribution in [-0.2, 0) is 12.7 Å². The maximum Gasteiger partial charge on any atom is 0.423 e. The van der Waals surface area contributed by atoms with Crippen molar-refractivity contribution < 1.29 is 30.8 Å². The highest BCUT2D eigenvalue weighted by atomic mass is 19.4. The molecule has 0 aliphatic carbocycles. The molecule has 14 heteroatoms. The maximum absolute atomic E-state index is 14.9. The zero-order valence-corrected chi connectivity index (χ0v) is 19.5. The lowest BCUT2D eigenvalue weighted by atomic mass is 10.1. The third kappa shape index (κ3) is 5.63. The molecule has 0 unspecified atom stereocenters. The fourth-order valence-electron chi connectivity index (χ4n) is 3.91. The molecule has 0 fully saturated rings. The van der Waals surface area contributed by atoms with Gasteiger partial charge in [0.15, 0.2) is 11.6 Å². The average molecular weight is 539 g/mol. The number of nitrogens with one attached hydrogen (secondary N) is 2. The summed E-state index contributed by atoms with van der Waals surface area (Å²) in [6.45, 7) is 0.926. The molecule has 4 rings (SSSR count). The zero-order chi connectivity index (χ0) is 30.1. The first-order valence-corrected chi connectivity index (χ1v) is 11.0. The summed E-state index contributed by atoms with van der Waals surface area (Å²) < 4.78 is 96.5. The molecular formula is C24H21F5N6O3. The van der Waals surface area contributed by atoms with Gasteiger partial charge in [0.1, 0.15) is 17.6 Å². The van der Waals surface area contributed by atoms with Crippen molar-refractivity contribution in [2.75, 3.05) is 12.4 Å². The fourth-order valence-corrected chi connectivity index (χ4v) is 3.91. The number of fused-ring (bicyclic) bond motifs is 1. The van der Waals surface area contributed by atoms with E-state index in [0.717, 1.165) is 29.2 Å². The van der Waals surface area contributed by atoms with Gasteiger partial charge >= 0.3 is 6.18 Å². The fraction of sp³-hybridized carbons (Fsp3) is 0.292. The summed E-state index contributed by atoms with van der Waals surface area (Å²) in [5.41, 5.74) is -4.34. The molecule has 3 aromatic heterocycles. The van der Waals surface area contributed by atoms with Crippen LogP contribution in [0.1, 0.15) is 23.0 Å². The lowest BCUT2D eigenvalue weighted by Gasteiger charge is -2.20. The number of aromatic nitrogens is 5. The van der Waals surface area contributed by atoms with Gasteiger partial charge < -0.3 is 14.6 Å². The number of H-pyrrole nitrogens is 1. The molecule has 0 saturated heterocycles. The molecule has 200 valence electrons. The Morgan fingerprint density at radius 3 is 2.63 bits per heavy atom. The molecular weight excluding hydrogens is 515 g/mol. The van der Waals surface area contributed by atoms with E-state index in [1.807, 2.05) is 0 Å². The third-order valence-corrected chi connectivity index (χ3v) is 5.60. The number of anilines is 1. The molecule has 4 aromatic rings. The summed E-state index contributed by atoms with van der Waals surface area (Å²) in [6.07, 6.45) is -2.83. The molecule has 0 saturated carbocycles. The van der Waals surface area contributed by atoms with Gasteiger partial charge in [-0.15, -0.1) is 0 Å². The minimum absolute atomic E-state index is 0.0705. The summed E-state index contributed by atoms with van der Waals surface area (Å²) in [7, 11) is -2.72. The smallest absolute Gasteiger partial charge is 0.423 e. The van der Waals surface area contributed by atoms with Crippen LogP contribution in [0.5, 0.6) is 5.75 Å². The molecule has 38 heavy (non-hydrogen) atoms. The van der Waals surface area contributed by atoms with Gasteiger partial charge in [-0.1, -0.05) is 0 Å². The van der Waals surface area contributed by atoms with Crippen LogP contribution in [0, 0.1) is 5.82 Å². The Hall–Kier alpha value is -4.36. The molecule has 0 bridgehead atoms. The molecule has 2 atom stereocenters. The van der Waals surface area contributed by atoms with Gasteiger partial charge in [0, 0.05) is 18.7 Å². The van der Waals surface area contributed by atoms with Crippen LogP contribution in [0.2, 0.25) is 0 Å². The number of hydrogen-bond acceptors (Lipinski definition) is 7. The summed E-state index contributed by atoms with van der Waals surface area (Å²) in [6, 6.07) is 2.80. The topological polar surface area (TPSA) is 115 Å². The highest BCUT2D eigenvalue weighted by molar-refractivity contribution is 5.86. The first-order valence-electron chi connectivity index (χ1n) is 12.5. The normalized spacial score (nSPS) is 14.8. The van der Waals surface area contributed by atoms with Crippen molar-refractivity contribution in [1.82, 2.24) is 24.7 Å². The zero-order valence-electron chi connectivity index (χ0n) is 22.5. The highest BCUT2D eigenvalue weighted by Gasteiger charge is 2.37. The van der Waals surface area contributed by atoms with Crippen molar-refractivity contribution in [2.45, 2.75) is 38.3 Å². The van der Waals surface area contributed by atoms with E-state index < -0.39 is 60.2 Å². The van der Waals surface area contributed by atoms with Gasteiger partial charge in [0.25, 0.3) is 11.1 Å². The number of aromatic amines is 1. The molecule has 2 N–H and O–H groups in total. The SMILES string of the molecule is [2H]C([2H])([2H])Oc1cnc(-c2cc3ccn(C[C@@H](F)C[C@H](C)Nc4cn[nH]c(=O)c4C(F)(F)F)c(=O)c3cc2F)nc1. The number of pyridine rings is 1.